The number of nitrogens with one attached hydrogen (secondary N) is 1. The summed E-state index contributed by atoms with van der Waals surface area (Å²) in [5.74, 6) is -1.06. The maximum Gasteiger partial charge on any atom is 0.126 e. The fourth-order valence-corrected chi connectivity index (χ4v) is 2.34. The minimum Gasteiger partial charge on any atom is -0.310 e. The predicted molar refractivity (Wildman–Crippen MR) is 80.0 cm³/mol. The Morgan fingerprint density at radius 3 is 2.38 bits per heavy atom. The van der Waals surface area contributed by atoms with E-state index in [1.807, 2.05) is 12.1 Å². The van der Waals surface area contributed by atoms with Crippen molar-refractivity contribution in [1.82, 2.24) is 10.3 Å². The van der Waals surface area contributed by atoms with Gasteiger partial charge in [-0.05, 0) is 61.2 Å². The van der Waals surface area contributed by atoms with E-state index in [0.29, 0.717) is 5.56 Å². The van der Waals surface area contributed by atoms with E-state index in [9.17, 15) is 8.78 Å². The number of aryl methyl sites for hydroxylation is 1. The minimum atomic E-state index is -0.530. The monoisotopic (exact) mass is 290 g/mol. The molecule has 1 aromatic heterocycles. The molecule has 0 aliphatic heterocycles. The van der Waals surface area contributed by atoms with Crippen LogP contribution in [0.25, 0.3) is 0 Å². The summed E-state index contributed by atoms with van der Waals surface area (Å²) in [6.07, 6.45) is 6.11. The van der Waals surface area contributed by atoms with Crippen LogP contribution in [0.15, 0.2) is 42.7 Å². The van der Waals surface area contributed by atoms with Gasteiger partial charge in [-0.15, -0.1) is 0 Å². The number of halogens is 2. The first kappa shape index (κ1) is 15.6. The zero-order valence-corrected chi connectivity index (χ0v) is 12.2. The summed E-state index contributed by atoms with van der Waals surface area (Å²) >= 11 is 0. The topological polar surface area (TPSA) is 24.9 Å². The molecule has 0 radical (unpaired) electrons. The number of nitrogens with zero attached hydrogens (tertiary/aromatic N) is 1. The second-order valence-corrected chi connectivity index (χ2v) is 5.10. The Kier molecular flexibility index (Phi) is 5.81. The van der Waals surface area contributed by atoms with E-state index in [2.05, 4.69) is 17.2 Å². The first-order chi connectivity index (χ1) is 10.2. The van der Waals surface area contributed by atoms with Crippen molar-refractivity contribution in [2.75, 3.05) is 6.54 Å². The van der Waals surface area contributed by atoms with E-state index in [4.69, 9.17) is 0 Å². The smallest absolute Gasteiger partial charge is 0.126 e. The van der Waals surface area contributed by atoms with Crippen molar-refractivity contribution in [3.8, 4) is 0 Å². The van der Waals surface area contributed by atoms with Crippen molar-refractivity contribution in [2.24, 2.45) is 0 Å². The third-order valence-corrected chi connectivity index (χ3v) is 3.40. The molecule has 0 amide bonds. The first-order valence-corrected chi connectivity index (χ1v) is 7.27. The fraction of sp³-hybridized carbons (Fsp3) is 0.353. The van der Waals surface area contributed by atoms with E-state index >= 15 is 0 Å². The molecule has 2 aromatic rings. The van der Waals surface area contributed by atoms with Crippen LogP contribution < -0.4 is 5.32 Å². The van der Waals surface area contributed by atoms with Crippen LogP contribution in [0.5, 0.6) is 0 Å². The van der Waals surface area contributed by atoms with Crippen molar-refractivity contribution in [3.63, 3.8) is 0 Å². The lowest BCUT2D eigenvalue weighted by Gasteiger charge is -2.19. The Morgan fingerprint density at radius 2 is 1.76 bits per heavy atom. The third-order valence-electron chi connectivity index (χ3n) is 3.40. The van der Waals surface area contributed by atoms with Gasteiger partial charge in [0.05, 0.1) is 0 Å². The third kappa shape index (κ3) is 4.90. The van der Waals surface area contributed by atoms with Gasteiger partial charge in [-0.1, -0.05) is 6.92 Å². The van der Waals surface area contributed by atoms with E-state index in [1.165, 1.54) is 17.7 Å². The predicted octanol–water partition coefficient (Wildman–Crippen LogP) is 4.03. The highest BCUT2D eigenvalue weighted by Gasteiger charge is 2.13. The van der Waals surface area contributed by atoms with E-state index in [-0.39, 0.29) is 6.04 Å². The SMILES string of the molecule is CCCNC(CCc1ccncc1)c1cc(F)cc(F)c1. The van der Waals surface area contributed by atoms with Crippen molar-refractivity contribution in [1.29, 1.82) is 0 Å². The zero-order chi connectivity index (χ0) is 15.1. The summed E-state index contributed by atoms with van der Waals surface area (Å²) in [5, 5.41) is 3.36. The average molecular weight is 290 g/mol. The molecular formula is C17H20F2N2. The maximum absolute atomic E-state index is 13.4. The molecule has 0 aliphatic rings. The second kappa shape index (κ2) is 7.84. The van der Waals surface area contributed by atoms with Crippen LogP contribution in [0, 0.1) is 11.6 Å². The molecule has 21 heavy (non-hydrogen) atoms. The molecule has 0 fully saturated rings. The molecule has 1 unspecified atom stereocenters. The molecule has 1 aromatic carbocycles. The van der Waals surface area contributed by atoms with Gasteiger partial charge in [0, 0.05) is 24.5 Å². The Hall–Kier alpha value is -1.81. The lowest BCUT2D eigenvalue weighted by atomic mass is 9.99. The summed E-state index contributed by atoms with van der Waals surface area (Å²) in [6.45, 7) is 2.89. The molecule has 112 valence electrons. The molecule has 0 aliphatic carbocycles. The molecule has 1 N–H and O–H groups in total. The van der Waals surface area contributed by atoms with Crippen molar-refractivity contribution in [3.05, 3.63) is 65.5 Å². The Balaban J connectivity index is 2.10. The highest BCUT2D eigenvalue weighted by molar-refractivity contribution is 5.22. The highest BCUT2D eigenvalue weighted by atomic mass is 19.1. The van der Waals surface area contributed by atoms with Gasteiger partial charge < -0.3 is 5.32 Å². The summed E-state index contributed by atoms with van der Waals surface area (Å²) in [7, 11) is 0. The minimum absolute atomic E-state index is 0.0525. The van der Waals surface area contributed by atoms with E-state index in [1.54, 1.807) is 12.4 Å². The first-order valence-electron chi connectivity index (χ1n) is 7.27. The summed E-state index contributed by atoms with van der Waals surface area (Å²) < 4.78 is 26.8. The molecule has 1 heterocycles. The van der Waals surface area contributed by atoms with Gasteiger partial charge in [0.25, 0.3) is 0 Å². The Labute approximate surface area is 124 Å². The Morgan fingerprint density at radius 1 is 1.10 bits per heavy atom. The largest absolute Gasteiger partial charge is 0.310 e. The number of hydrogen-bond donors (Lipinski definition) is 1. The van der Waals surface area contributed by atoms with Gasteiger partial charge in [0.15, 0.2) is 0 Å². The quantitative estimate of drug-likeness (QED) is 0.832. The van der Waals surface area contributed by atoms with Crippen molar-refractivity contribution < 1.29 is 8.78 Å². The molecule has 2 rings (SSSR count). The summed E-state index contributed by atoms with van der Waals surface area (Å²) in [5.41, 5.74) is 1.83. The highest BCUT2D eigenvalue weighted by Crippen LogP contribution is 2.21. The molecule has 2 nitrogen and oxygen atoms in total. The molecule has 0 spiro atoms. The van der Waals surface area contributed by atoms with Gasteiger partial charge in [-0.2, -0.15) is 0 Å². The van der Waals surface area contributed by atoms with Crippen LogP contribution in [-0.2, 0) is 6.42 Å². The van der Waals surface area contributed by atoms with Crippen LogP contribution in [-0.4, -0.2) is 11.5 Å². The van der Waals surface area contributed by atoms with Crippen LogP contribution in [0.3, 0.4) is 0 Å². The lowest BCUT2D eigenvalue weighted by Crippen LogP contribution is -2.23. The van der Waals surface area contributed by atoms with Gasteiger partial charge >= 0.3 is 0 Å². The molecule has 4 heteroatoms. The zero-order valence-electron chi connectivity index (χ0n) is 12.2. The molecule has 0 saturated heterocycles. The summed E-state index contributed by atoms with van der Waals surface area (Å²) in [6, 6.07) is 7.59. The van der Waals surface area contributed by atoms with Gasteiger partial charge in [-0.25, -0.2) is 8.78 Å². The molecule has 1 atom stereocenters. The lowest BCUT2D eigenvalue weighted by molar-refractivity contribution is 0.490. The van der Waals surface area contributed by atoms with Gasteiger partial charge in [-0.3, -0.25) is 4.98 Å². The van der Waals surface area contributed by atoms with E-state index < -0.39 is 11.6 Å². The maximum atomic E-state index is 13.4. The van der Waals surface area contributed by atoms with Crippen LogP contribution in [0.2, 0.25) is 0 Å². The standard InChI is InChI=1S/C17H20F2N2/c1-2-7-21-17(4-3-13-5-8-20-9-6-13)14-10-15(18)12-16(19)11-14/h5-6,8-12,17,21H,2-4,7H2,1H3. The number of rotatable bonds is 7. The van der Waals surface area contributed by atoms with Crippen LogP contribution in [0.1, 0.15) is 36.9 Å². The normalized spacial score (nSPS) is 12.3. The van der Waals surface area contributed by atoms with Crippen molar-refractivity contribution in [2.45, 2.75) is 32.2 Å². The van der Waals surface area contributed by atoms with Crippen LogP contribution in [0.4, 0.5) is 8.78 Å². The van der Waals surface area contributed by atoms with Crippen LogP contribution >= 0.6 is 0 Å². The number of hydrogen-bond acceptors (Lipinski definition) is 2. The number of pyridine rings is 1. The van der Waals surface area contributed by atoms with E-state index in [0.717, 1.165) is 31.9 Å². The molecule has 0 bridgehead atoms. The van der Waals surface area contributed by atoms with Gasteiger partial charge in [0.2, 0.25) is 0 Å². The Bertz CT molecular complexity index is 538. The van der Waals surface area contributed by atoms with Gasteiger partial charge in [0.1, 0.15) is 11.6 Å². The molecule has 0 saturated carbocycles. The molecular weight excluding hydrogens is 270 g/mol. The number of benzene rings is 1. The number of aromatic nitrogens is 1. The summed E-state index contributed by atoms with van der Waals surface area (Å²) in [4.78, 5) is 3.99. The van der Waals surface area contributed by atoms with Crippen molar-refractivity contribution >= 4 is 0 Å². The second-order valence-electron chi connectivity index (χ2n) is 5.10. The fourth-order valence-electron chi connectivity index (χ4n) is 2.34. The average Bonchev–Trinajstić information content (AvgIpc) is 2.47.